The zero-order valence-electron chi connectivity index (χ0n) is 4.72. The van der Waals surface area contributed by atoms with Gasteiger partial charge >= 0.3 is 0 Å². The molecule has 0 amide bonds. The zero-order chi connectivity index (χ0) is 5.33. The summed E-state index contributed by atoms with van der Waals surface area (Å²) in [5, 5.41) is 0. The van der Waals surface area contributed by atoms with Gasteiger partial charge in [-0.3, -0.25) is 0 Å². The van der Waals surface area contributed by atoms with Gasteiger partial charge in [0, 0.05) is 0 Å². The fourth-order valence-corrected chi connectivity index (χ4v) is 2.20. The quantitative estimate of drug-likeness (QED) is 0.331. The van der Waals surface area contributed by atoms with E-state index in [-0.39, 0.29) is 0 Å². The lowest BCUT2D eigenvalue weighted by Gasteiger charge is -2.06. The third-order valence-electron chi connectivity index (χ3n) is 1.26. The van der Waals surface area contributed by atoms with Crippen LogP contribution in [0.3, 0.4) is 0 Å². The molecule has 0 radical (unpaired) electrons. The Morgan fingerprint density at radius 2 is 1.86 bits per heavy atom. The summed E-state index contributed by atoms with van der Waals surface area (Å²) in [5.41, 5.74) is 0. The fourth-order valence-electron chi connectivity index (χ4n) is 0.733. The molecule has 1 heterocycles. The first kappa shape index (κ1) is 5.18. The molecule has 0 aliphatic carbocycles. The van der Waals surface area contributed by atoms with Crippen molar-refractivity contribution in [3.05, 3.63) is 12.2 Å². The SMILES string of the molecule is C=P1(C)CC=CC1. The van der Waals surface area contributed by atoms with Crippen molar-refractivity contribution < 1.29 is 0 Å². The highest BCUT2D eigenvalue weighted by molar-refractivity contribution is 7.73. The number of hydrogen-bond acceptors (Lipinski definition) is 0. The van der Waals surface area contributed by atoms with Gasteiger partial charge in [-0.2, -0.15) is 0 Å². The van der Waals surface area contributed by atoms with Crippen LogP contribution in [-0.2, 0) is 0 Å². The van der Waals surface area contributed by atoms with Crippen LogP contribution in [0.15, 0.2) is 12.2 Å². The third kappa shape index (κ3) is 1.21. The van der Waals surface area contributed by atoms with Crippen LogP contribution in [0.4, 0.5) is 0 Å². The normalized spacial score (nSPS) is 25.9. The Balaban J connectivity index is 2.67. The largest absolute Gasteiger partial charge is 0.108 e. The molecule has 1 aliphatic heterocycles. The Labute approximate surface area is 45.2 Å². The summed E-state index contributed by atoms with van der Waals surface area (Å²) in [6.45, 7) is 1.64. The predicted molar refractivity (Wildman–Crippen MR) is 38.8 cm³/mol. The van der Waals surface area contributed by atoms with Gasteiger partial charge in [0.05, 0.1) is 0 Å². The molecule has 0 fully saturated rings. The van der Waals surface area contributed by atoms with Crippen molar-refractivity contribution in [3.63, 3.8) is 0 Å². The maximum atomic E-state index is 4.12. The standard InChI is InChI=1S/C6H11P/c1-7(2)5-3-4-6-7/h3-4H,1,5-6H2,2H3. The Hall–Kier alpha value is 0.0400. The van der Waals surface area contributed by atoms with Crippen LogP contribution in [0.1, 0.15) is 0 Å². The van der Waals surface area contributed by atoms with Crippen molar-refractivity contribution >= 4 is 13.2 Å². The molecule has 0 N–H and O–H groups in total. The van der Waals surface area contributed by atoms with Gasteiger partial charge in [-0.05, 0) is 19.0 Å². The maximum absolute atomic E-state index is 4.12. The van der Waals surface area contributed by atoms with E-state index in [1.54, 1.807) is 0 Å². The molecule has 0 atom stereocenters. The summed E-state index contributed by atoms with van der Waals surface area (Å²) in [6.07, 6.45) is 11.2. The van der Waals surface area contributed by atoms with Crippen molar-refractivity contribution in [2.75, 3.05) is 19.0 Å². The second-order valence-corrected chi connectivity index (χ2v) is 6.43. The lowest BCUT2D eigenvalue weighted by molar-refractivity contribution is 1.78. The summed E-state index contributed by atoms with van der Waals surface area (Å²) in [4.78, 5) is 0. The number of rotatable bonds is 0. The monoisotopic (exact) mass is 114 g/mol. The molecule has 0 aromatic heterocycles. The summed E-state index contributed by atoms with van der Waals surface area (Å²) >= 11 is 0. The van der Waals surface area contributed by atoms with Gasteiger partial charge in [-0.25, -0.2) is 0 Å². The molecule has 7 heavy (non-hydrogen) atoms. The highest BCUT2D eigenvalue weighted by atomic mass is 31.2. The molecule has 40 valence electrons. The van der Waals surface area contributed by atoms with Crippen LogP contribution in [-0.4, -0.2) is 25.3 Å². The fraction of sp³-hybridized carbons (Fsp3) is 0.500. The molecule has 1 rings (SSSR count). The van der Waals surface area contributed by atoms with Crippen LogP contribution < -0.4 is 0 Å². The van der Waals surface area contributed by atoms with Crippen LogP contribution >= 0.6 is 6.89 Å². The molecular formula is C6H11P. The molecule has 0 unspecified atom stereocenters. The molecule has 0 spiro atoms. The zero-order valence-corrected chi connectivity index (χ0v) is 5.62. The van der Waals surface area contributed by atoms with E-state index in [4.69, 9.17) is 0 Å². The first-order chi connectivity index (χ1) is 3.21. The first-order valence-corrected chi connectivity index (χ1v) is 5.34. The van der Waals surface area contributed by atoms with Gasteiger partial charge in [0.25, 0.3) is 0 Å². The smallest absolute Gasteiger partial charge is 0.0151 e. The minimum Gasteiger partial charge on any atom is -0.108 e. The molecule has 1 heteroatoms. The van der Waals surface area contributed by atoms with E-state index in [1.165, 1.54) is 12.3 Å². The van der Waals surface area contributed by atoms with E-state index in [1.807, 2.05) is 0 Å². The van der Waals surface area contributed by atoms with Crippen molar-refractivity contribution in [3.8, 4) is 0 Å². The molecule has 0 bridgehead atoms. The van der Waals surface area contributed by atoms with E-state index < -0.39 is 6.89 Å². The average molecular weight is 114 g/mol. The Kier molecular flexibility index (Phi) is 1.13. The van der Waals surface area contributed by atoms with Crippen molar-refractivity contribution in [2.45, 2.75) is 0 Å². The van der Waals surface area contributed by atoms with Crippen LogP contribution in [0, 0.1) is 0 Å². The van der Waals surface area contributed by atoms with Crippen molar-refractivity contribution in [2.24, 2.45) is 0 Å². The van der Waals surface area contributed by atoms with Gasteiger partial charge in [-0.1, -0.05) is 12.2 Å². The van der Waals surface area contributed by atoms with E-state index in [2.05, 4.69) is 25.1 Å². The minimum absolute atomic E-state index is 0.654. The van der Waals surface area contributed by atoms with Gasteiger partial charge in [0.15, 0.2) is 0 Å². The summed E-state index contributed by atoms with van der Waals surface area (Å²) in [6, 6.07) is 0. The topological polar surface area (TPSA) is 0 Å². The van der Waals surface area contributed by atoms with Gasteiger partial charge in [-0.15, -0.1) is 13.2 Å². The van der Waals surface area contributed by atoms with Crippen molar-refractivity contribution in [1.29, 1.82) is 0 Å². The molecular weight excluding hydrogens is 103 g/mol. The lowest BCUT2D eigenvalue weighted by atomic mass is 10.6. The molecule has 0 nitrogen and oxygen atoms in total. The van der Waals surface area contributed by atoms with Crippen molar-refractivity contribution in [1.82, 2.24) is 0 Å². The average Bonchev–Trinajstić information content (AvgIpc) is 1.84. The first-order valence-electron chi connectivity index (χ1n) is 2.55. The number of allylic oxidation sites excluding steroid dienone is 2. The van der Waals surface area contributed by atoms with Gasteiger partial charge < -0.3 is 0 Å². The maximum Gasteiger partial charge on any atom is -0.0151 e. The van der Waals surface area contributed by atoms with Gasteiger partial charge in [0.1, 0.15) is 0 Å². The van der Waals surface area contributed by atoms with Crippen LogP contribution in [0.2, 0.25) is 0 Å². The van der Waals surface area contributed by atoms with E-state index in [0.717, 1.165) is 0 Å². The molecule has 0 saturated carbocycles. The molecule has 1 aliphatic rings. The summed E-state index contributed by atoms with van der Waals surface area (Å²) in [7, 11) is 0. The predicted octanol–water partition coefficient (Wildman–Crippen LogP) is 1.64. The molecule has 0 aromatic rings. The Morgan fingerprint density at radius 3 is 2.00 bits per heavy atom. The van der Waals surface area contributed by atoms with E-state index in [9.17, 15) is 0 Å². The number of hydrogen-bond donors (Lipinski definition) is 0. The van der Waals surface area contributed by atoms with Crippen LogP contribution in [0.5, 0.6) is 0 Å². The Bertz CT molecular complexity index is 121. The second kappa shape index (κ2) is 1.52. The highest BCUT2D eigenvalue weighted by Crippen LogP contribution is 2.43. The molecule has 0 saturated heterocycles. The van der Waals surface area contributed by atoms with E-state index >= 15 is 0 Å². The summed E-state index contributed by atoms with van der Waals surface area (Å²) < 4.78 is 0. The minimum atomic E-state index is -0.654. The molecule has 0 aromatic carbocycles. The van der Waals surface area contributed by atoms with Crippen LogP contribution in [0.25, 0.3) is 0 Å². The third-order valence-corrected chi connectivity index (χ3v) is 3.44. The second-order valence-electron chi connectivity index (χ2n) is 2.46. The van der Waals surface area contributed by atoms with Gasteiger partial charge in [0.2, 0.25) is 0 Å². The Morgan fingerprint density at radius 1 is 1.43 bits per heavy atom. The lowest BCUT2D eigenvalue weighted by Crippen LogP contribution is -1.78. The summed E-state index contributed by atoms with van der Waals surface area (Å²) in [5.74, 6) is 0. The highest BCUT2D eigenvalue weighted by Gasteiger charge is 2.06. The van der Waals surface area contributed by atoms with E-state index in [0.29, 0.717) is 0 Å².